The number of hydrogen-bond donors (Lipinski definition) is 2. The van der Waals surface area contributed by atoms with Gasteiger partial charge in [0.15, 0.2) is 11.6 Å². The van der Waals surface area contributed by atoms with Crippen molar-refractivity contribution in [2.75, 3.05) is 0 Å². The molecule has 2 aromatic rings. The fraction of sp³-hybridized carbons (Fsp3) is 0. The van der Waals surface area contributed by atoms with E-state index >= 15 is 0 Å². The van der Waals surface area contributed by atoms with Gasteiger partial charge in [-0.3, -0.25) is 0 Å². The highest BCUT2D eigenvalue weighted by Gasteiger charge is 2.24. The Morgan fingerprint density at radius 1 is 1.00 bits per heavy atom. The van der Waals surface area contributed by atoms with E-state index in [1.165, 1.54) is 24.3 Å². The van der Waals surface area contributed by atoms with Gasteiger partial charge in [0.1, 0.15) is 17.1 Å². The molecule has 0 radical (unpaired) electrons. The van der Waals surface area contributed by atoms with Gasteiger partial charge in [0.05, 0.1) is 0 Å². The van der Waals surface area contributed by atoms with E-state index in [9.17, 15) is 18.0 Å². The maximum absolute atomic E-state index is 13.7. The first-order valence-corrected chi connectivity index (χ1v) is 5.12. The molecule has 0 amide bonds. The van der Waals surface area contributed by atoms with Crippen molar-refractivity contribution < 1.29 is 28.2 Å². The third-order valence-corrected chi connectivity index (χ3v) is 2.55. The number of hydrogen-bond acceptors (Lipinski definition) is 2. The lowest BCUT2D eigenvalue weighted by molar-refractivity contribution is 0.0685. The molecule has 0 heterocycles. The van der Waals surface area contributed by atoms with Crippen LogP contribution in [0.25, 0.3) is 11.1 Å². The zero-order valence-corrected chi connectivity index (χ0v) is 9.32. The van der Waals surface area contributed by atoms with Crippen LogP contribution in [-0.4, -0.2) is 16.2 Å². The van der Waals surface area contributed by atoms with Crippen molar-refractivity contribution in [3.8, 4) is 16.9 Å². The van der Waals surface area contributed by atoms with Gasteiger partial charge in [-0.2, -0.15) is 0 Å². The van der Waals surface area contributed by atoms with Crippen molar-refractivity contribution in [2.45, 2.75) is 0 Å². The minimum absolute atomic E-state index is 0.0905. The first-order valence-electron chi connectivity index (χ1n) is 5.12. The fourth-order valence-electron chi connectivity index (χ4n) is 1.64. The summed E-state index contributed by atoms with van der Waals surface area (Å²) in [5.41, 5.74) is -1.63. The third kappa shape index (κ3) is 2.24. The van der Waals surface area contributed by atoms with E-state index in [2.05, 4.69) is 0 Å². The SMILES string of the molecule is O=C(O)c1c(F)cc(-c2ccc(O)cc2)c(F)c1F. The monoisotopic (exact) mass is 268 g/mol. The van der Waals surface area contributed by atoms with E-state index in [-0.39, 0.29) is 11.3 Å². The molecular formula is C13H7F3O3. The summed E-state index contributed by atoms with van der Waals surface area (Å²) in [5.74, 6) is -6.55. The maximum atomic E-state index is 13.7. The molecule has 2 rings (SSSR count). The minimum Gasteiger partial charge on any atom is -0.508 e. The summed E-state index contributed by atoms with van der Waals surface area (Å²) in [6, 6.07) is 5.56. The molecule has 2 aromatic carbocycles. The summed E-state index contributed by atoms with van der Waals surface area (Å²) in [6.45, 7) is 0. The van der Waals surface area contributed by atoms with Crippen molar-refractivity contribution in [3.63, 3.8) is 0 Å². The Hall–Kier alpha value is -2.50. The van der Waals surface area contributed by atoms with Gasteiger partial charge in [0, 0.05) is 5.56 Å². The Labute approximate surface area is 105 Å². The van der Waals surface area contributed by atoms with E-state index in [1.807, 2.05) is 0 Å². The lowest BCUT2D eigenvalue weighted by Gasteiger charge is -2.08. The van der Waals surface area contributed by atoms with Crippen LogP contribution in [0.4, 0.5) is 13.2 Å². The number of carboxylic acid groups (broad SMARTS) is 1. The summed E-state index contributed by atoms with van der Waals surface area (Å²) in [4.78, 5) is 10.6. The Bertz CT molecular complexity index is 651. The third-order valence-electron chi connectivity index (χ3n) is 2.55. The Morgan fingerprint density at radius 2 is 1.58 bits per heavy atom. The fourth-order valence-corrected chi connectivity index (χ4v) is 1.64. The number of aromatic carboxylic acids is 1. The van der Waals surface area contributed by atoms with Crippen molar-refractivity contribution in [1.29, 1.82) is 0 Å². The molecule has 0 aromatic heterocycles. The van der Waals surface area contributed by atoms with Gasteiger partial charge in [-0.15, -0.1) is 0 Å². The Balaban J connectivity index is 2.66. The number of aromatic hydroxyl groups is 1. The number of phenolic OH excluding ortho intramolecular Hbond substituents is 1. The molecular weight excluding hydrogens is 261 g/mol. The van der Waals surface area contributed by atoms with Crippen LogP contribution in [0.1, 0.15) is 10.4 Å². The van der Waals surface area contributed by atoms with E-state index < -0.39 is 34.5 Å². The van der Waals surface area contributed by atoms with Crippen LogP contribution in [-0.2, 0) is 0 Å². The molecule has 0 unspecified atom stereocenters. The molecule has 19 heavy (non-hydrogen) atoms. The summed E-state index contributed by atoms with van der Waals surface area (Å²) in [7, 11) is 0. The highest BCUT2D eigenvalue weighted by atomic mass is 19.2. The number of rotatable bonds is 2. The molecule has 0 spiro atoms. The normalized spacial score (nSPS) is 10.5. The Morgan fingerprint density at radius 3 is 2.11 bits per heavy atom. The first-order chi connectivity index (χ1) is 8.91. The second-order valence-corrected chi connectivity index (χ2v) is 3.76. The van der Waals surface area contributed by atoms with Crippen molar-refractivity contribution in [2.24, 2.45) is 0 Å². The quantitative estimate of drug-likeness (QED) is 0.822. The zero-order valence-electron chi connectivity index (χ0n) is 9.32. The largest absolute Gasteiger partial charge is 0.508 e. The zero-order chi connectivity index (χ0) is 14.2. The Kier molecular flexibility index (Phi) is 3.16. The van der Waals surface area contributed by atoms with E-state index in [0.717, 1.165) is 0 Å². The average molecular weight is 268 g/mol. The lowest BCUT2D eigenvalue weighted by atomic mass is 10.0. The van der Waals surface area contributed by atoms with Gasteiger partial charge < -0.3 is 10.2 Å². The summed E-state index contributed by atoms with van der Waals surface area (Å²) < 4.78 is 40.7. The predicted octanol–water partition coefficient (Wildman–Crippen LogP) is 3.17. The van der Waals surface area contributed by atoms with Crippen LogP contribution in [0.15, 0.2) is 30.3 Å². The first kappa shape index (κ1) is 12.9. The number of carbonyl (C=O) groups is 1. The van der Waals surface area contributed by atoms with E-state index in [4.69, 9.17) is 10.2 Å². The summed E-state index contributed by atoms with van der Waals surface area (Å²) >= 11 is 0. The van der Waals surface area contributed by atoms with Crippen LogP contribution in [0.2, 0.25) is 0 Å². The molecule has 0 aliphatic heterocycles. The highest BCUT2D eigenvalue weighted by molar-refractivity contribution is 5.89. The number of halogens is 3. The van der Waals surface area contributed by atoms with Crippen LogP contribution in [0.5, 0.6) is 5.75 Å². The van der Waals surface area contributed by atoms with Crippen LogP contribution in [0.3, 0.4) is 0 Å². The maximum Gasteiger partial charge on any atom is 0.341 e. The molecule has 0 atom stereocenters. The average Bonchev–Trinajstić information content (AvgIpc) is 2.34. The predicted molar refractivity (Wildman–Crippen MR) is 60.4 cm³/mol. The summed E-state index contributed by atoms with van der Waals surface area (Å²) in [6.07, 6.45) is 0. The summed E-state index contributed by atoms with van der Waals surface area (Å²) in [5, 5.41) is 17.7. The number of carboxylic acids is 1. The smallest absolute Gasteiger partial charge is 0.341 e. The molecule has 0 saturated heterocycles. The second kappa shape index (κ2) is 4.64. The molecule has 0 fully saturated rings. The molecule has 0 aliphatic rings. The minimum atomic E-state index is -1.88. The van der Waals surface area contributed by atoms with Crippen LogP contribution >= 0.6 is 0 Å². The van der Waals surface area contributed by atoms with E-state index in [0.29, 0.717) is 6.07 Å². The molecule has 0 bridgehead atoms. The van der Waals surface area contributed by atoms with Crippen molar-refractivity contribution >= 4 is 5.97 Å². The van der Waals surface area contributed by atoms with Gasteiger partial charge in [-0.05, 0) is 23.8 Å². The topological polar surface area (TPSA) is 57.5 Å². The molecule has 2 N–H and O–H groups in total. The second-order valence-electron chi connectivity index (χ2n) is 3.76. The molecule has 0 aliphatic carbocycles. The van der Waals surface area contributed by atoms with E-state index in [1.54, 1.807) is 0 Å². The van der Waals surface area contributed by atoms with Gasteiger partial charge in [-0.25, -0.2) is 18.0 Å². The van der Waals surface area contributed by atoms with Gasteiger partial charge >= 0.3 is 5.97 Å². The number of benzene rings is 2. The lowest BCUT2D eigenvalue weighted by Crippen LogP contribution is -2.08. The number of phenols is 1. The van der Waals surface area contributed by atoms with Crippen molar-refractivity contribution in [3.05, 3.63) is 53.3 Å². The van der Waals surface area contributed by atoms with Gasteiger partial charge in [0.25, 0.3) is 0 Å². The molecule has 6 heteroatoms. The standard InChI is InChI=1S/C13H7F3O3/c14-9-5-8(6-1-3-7(17)4-2-6)11(15)12(16)10(9)13(18)19/h1-5,17H,(H,18,19). The molecule has 98 valence electrons. The van der Waals surface area contributed by atoms with Gasteiger partial charge in [-0.1, -0.05) is 12.1 Å². The van der Waals surface area contributed by atoms with Gasteiger partial charge in [0.2, 0.25) is 0 Å². The van der Waals surface area contributed by atoms with Crippen LogP contribution in [0, 0.1) is 17.5 Å². The van der Waals surface area contributed by atoms with Crippen LogP contribution < -0.4 is 0 Å². The highest BCUT2D eigenvalue weighted by Crippen LogP contribution is 2.29. The van der Waals surface area contributed by atoms with Crippen molar-refractivity contribution in [1.82, 2.24) is 0 Å². The molecule has 0 saturated carbocycles. The molecule has 3 nitrogen and oxygen atoms in total.